The van der Waals surface area contributed by atoms with Crippen LogP contribution in [0.2, 0.25) is 0 Å². The summed E-state index contributed by atoms with van der Waals surface area (Å²) in [7, 11) is 0. The summed E-state index contributed by atoms with van der Waals surface area (Å²) in [6.45, 7) is 1.50. The van der Waals surface area contributed by atoms with Gasteiger partial charge in [0.25, 0.3) is 11.6 Å². The molecule has 2 amide bonds. The van der Waals surface area contributed by atoms with Gasteiger partial charge in [-0.3, -0.25) is 24.6 Å². The molecule has 10 nitrogen and oxygen atoms in total. The molecule has 0 bridgehead atoms. The number of anilines is 3. The molecule has 162 valence electrons. The molecule has 0 radical (unpaired) electrons. The monoisotopic (exact) mass is 430 g/mol. The highest BCUT2D eigenvalue weighted by Crippen LogP contribution is 2.35. The number of rotatable bonds is 5. The SMILES string of the molecule is O=C(CN1C(=O)COc2ccc([N+](=O)[O-])cc21)Nc1ccc(N2CCOCC2)c(F)c1. The highest BCUT2D eigenvalue weighted by atomic mass is 19.1. The van der Waals surface area contributed by atoms with E-state index in [4.69, 9.17) is 9.47 Å². The number of ether oxygens (including phenoxy) is 2. The Bertz CT molecular complexity index is 1040. The van der Waals surface area contributed by atoms with Gasteiger partial charge in [-0.25, -0.2) is 4.39 Å². The number of nitrogens with zero attached hydrogens (tertiary/aromatic N) is 3. The summed E-state index contributed by atoms with van der Waals surface area (Å²) in [6.07, 6.45) is 0. The van der Waals surface area contributed by atoms with Crippen molar-refractivity contribution >= 4 is 34.6 Å². The summed E-state index contributed by atoms with van der Waals surface area (Å²) in [5, 5.41) is 13.6. The molecular formula is C20H19FN4O6. The third-order valence-corrected chi connectivity index (χ3v) is 4.98. The molecule has 0 atom stereocenters. The van der Waals surface area contributed by atoms with E-state index in [1.54, 1.807) is 12.1 Å². The number of nitro groups is 1. The van der Waals surface area contributed by atoms with Crippen LogP contribution < -0.4 is 19.9 Å². The van der Waals surface area contributed by atoms with Gasteiger partial charge in [-0.2, -0.15) is 0 Å². The van der Waals surface area contributed by atoms with E-state index in [1.165, 1.54) is 24.3 Å². The van der Waals surface area contributed by atoms with Gasteiger partial charge in [-0.15, -0.1) is 0 Å². The average Bonchev–Trinajstić information content (AvgIpc) is 2.76. The molecular weight excluding hydrogens is 411 g/mol. The van der Waals surface area contributed by atoms with Gasteiger partial charge in [0.1, 0.15) is 18.1 Å². The first-order valence-corrected chi connectivity index (χ1v) is 9.56. The van der Waals surface area contributed by atoms with E-state index in [0.29, 0.717) is 32.0 Å². The second kappa shape index (κ2) is 8.56. The van der Waals surface area contributed by atoms with Crippen molar-refractivity contribution < 1.29 is 28.4 Å². The first kappa shape index (κ1) is 20.5. The summed E-state index contributed by atoms with van der Waals surface area (Å²) in [5.74, 6) is -1.31. The minimum absolute atomic E-state index is 0.134. The summed E-state index contributed by atoms with van der Waals surface area (Å²) in [6, 6.07) is 8.18. The lowest BCUT2D eigenvalue weighted by Crippen LogP contribution is -2.43. The molecule has 1 fully saturated rings. The highest BCUT2D eigenvalue weighted by Gasteiger charge is 2.29. The Labute approximate surface area is 176 Å². The van der Waals surface area contributed by atoms with E-state index in [2.05, 4.69) is 5.32 Å². The second-order valence-corrected chi connectivity index (χ2v) is 6.99. The number of non-ortho nitro benzene ring substituents is 1. The predicted octanol–water partition coefficient (Wildman–Crippen LogP) is 1.93. The molecule has 0 aromatic heterocycles. The Morgan fingerprint density at radius 3 is 2.65 bits per heavy atom. The van der Waals surface area contributed by atoms with E-state index >= 15 is 0 Å². The summed E-state index contributed by atoms with van der Waals surface area (Å²) in [4.78, 5) is 38.2. The zero-order chi connectivity index (χ0) is 22.0. The molecule has 1 N–H and O–H groups in total. The first-order chi connectivity index (χ1) is 14.9. The van der Waals surface area contributed by atoms with Crippen molar-refractivity contribution in [1.29, 1.82) is 0 Å². The lowest BCUT2D eigenvalue weighted by atomic mass is 10.2. The van der Waals surface area contributed by atoms with Crippen molar-refractivity contribution in [3.05, 3.63) is 52.3 Å². The summed E-state index contributed by atoms with van der Waals surface area (Å²) >= 11 is 0. The van der Waals surface area contributed by atoms with Gasteiger partial charge in [0, 0.05) is 30.9 Å². The summed E-state index contributed by atoms with van der Waals surface area (Å²) in [5.41, 5.74) is 0.558. The number of carbonyl (C=O) groups excluding carboxylic acids is 2. The maximum absolute atomic E-state index is 14.5. The predicted molar refractivity (Wildman–Crippen MR) is 109 cm³/mol. The average molecular weight is 430 g/mol. The van der Waals surface area contributed by atoms with E-state index in [1.807, 2.05) is 4.90 Å². The van der Waals surface area contributed by atoms with E-state index in [-0.39, 0.29) is 29.4 Å². The largest absolute Gasteiger partial charge is 0.482 e. The Balaban J connectivity index is 1.48. The number of nitro benzene ring substituents is 1. The topological polar surface area (TPSA) is 114 Å². The third-order valence-electron chi connectivity index (χ3n) is 4.98. The summed E-state index contributed by atoms with van der Waals surface area (Å²) < 4.78 is 25.1. The van der Waals surface area contributed by atoms with Crippen LogP contribution in [-0.4, -0.2) is 56.2 Å². The van der Waals surface area contributed by atoms with E-state index in [9.17, 15) is 24.1 Å². The Morgan fingerprint density at radius 2 is 1.94 bits per heavy atom. The number of halogens is 1. The smallest absolute Gasteiger partial charge is 0.271 e. The molecule has 11 heteroatoms. The van der Waals surface area contributed by atoms with Gasteiger partial charge < -0.3 is 19.7 Å². The number of carbonyl (C=O) groups is 2. The van der Waals surface area contributed by atoms with E-state index in [0.717, 1.165) is 4.90 Å². The Kier molecular flexibility index (Phi) is 5.67. The molecule has 2 aliphatic rings. The maximum atomic E-state index is 14.5. The van der Waals surface area contributed by atoms with Crippen molar-refractivity contribution in [1.82, 2.24) is 0 Å². The van der Waals surface area contributed by atoms with Crippen LogP contribution in [0.25, 0.3) is 0 Å². The molecule has 0 unspecified atom stereocenters. The quantitative estimate of drug-likeness (QED) is 0.569. The number of morpholine rings is 1. The maximum Gasteiger partial charge on any atom is 0.271 e. The Hall–Kier alpha value is -3.73. The van der Waals surface area contributed by atoms with Crippen LogP contribution in [0.1, 0.15) is 0 Å². The molecule has 2 heterocycles. The van der Waals surface area contributed by atoms with Crippen LogP contribution in [0.3, 0.4) is 0 Å². The zero-order valence-corrected chi connectivity index (χ0v) is 16.4. The molecule has 2 aromatic carbocycles. The zero-order valence-electron chi connectivity index (χ0n) is 16.4. The molecule has 0 aliphatic carbocycles. The van der Waals surface area contributed by atoms with Crippen LogP contribution in [0, 0.1) is 15.9 Å². The molecule has 0 spiro atoms. The number of nitrogens with one attached hydrogen (secondary N) is 1. The van der Waals surface area contributed by atoms with Crippen LogP contribution in [0.5, 0.6) is 5.75 Å². The molecule has 2 aliphatic heterocycles. The molecule has 31 heavy (non-hydrogen) atoms. The molecule has 4 rings (SSSR count). The normalized spacial score (nSPS) is 15.8. The Morgan fingerprint density at radius 1 is 1.16 bits per heavy atom. The molecule has 1 saturated heterocycles. The number of amides is 2. The highest BCUT2D eigenvalue weighted by molar-refractivity contribution is 6.05. The number of hydrogen-bond donors (Lipinski definition) is 1. The number of fused-ring (bicyclic) bond motifs is 1. The van der Waals surface area contributed by atoms with Crippen LogP contribution >= 0.6 is 0 Å². The fraction of sp³-hybridized carbons (Fsp3) is 0.300. The van der Waals surface area contributed by atoms with Gasteiger partial charge in [0.2, 0.25) is 5.91 Å². The van der Waals surface area contributed by atoms with E-state index < -0.39 is 29.1 Å². The van der Waals surface area contributed by atoms with Gasteiger partial charge in [-0.1, -0.05) is 0 Å². The second-order valence-electron chi connectivity index (χ2n) is 6.99. The van der Waals surface area contributed by atoms with Gasteiger partial charge >= 0.3 is 0 Å². The minimum atomic E-state index is -0.601. The first-order valence-electron chi connectivity index (χ1n) is 9.56. The minimum Gasteiger partial charge on any atom is -0.482 e. The third kappa shape index (κ3) is 4.40. The fourth-order valence-corrected chi connectivity index (χ4v) is 3.47. The van der Waals surface area contributed by atoms with Crippen molar-refractivity contribution in [3.8, 4) is 5.75 Å². The fourth-order valence-electron chi connectivity index (χ4n) is 3.47. The van der Waals surface area contributed by atoms with Crippen LogP contribution in [-0.2, 0) is 14.3 Å². The van der Waals surface area contributed by atoms with Crippen LogP contribution in [0.4, 0.5) is 27.1 Å². The number of hydrogen-bond acceptors (Lipinski definition) is 7. The number of benzene rings is 2. The molecule has 0 saturated carbocycles. The lowest BCUT2D eigenvalue weighted by Gasteiger charge is -2.29. The van der Waals surface area contributed by atoms with Gasteiger partial charge in [0.15, 0.2) is 6.61 Å². The molecule has 2 aromatic rings. The lowest BCUT2D eigenvalue weighted by molar-refractivity contribution is -0.384. The van der Waals surface area contributed by atoms with Gasteiger partial charge in [-0.05, 0) is 24.3 Å². The van der Waals surface area contributed by atoms with Crippen molar-refractivity contribution in [2.75, 3.05) is 54.6 Å². The van der Waals surface area contributed by atoms with Crippen LogP contribution in [0.15, 0.2) is 36.4 Å². The van der Waals surface area contributed by atoms with Crippen molar-refractivity contribution in [2.45, 2.75) is 0 Å². The van der Waals surface area contributed by atoms with Crippen molar-refractivity contribution in [2.24, 2.45) is 0 Å². The van der Waals surface area contributed by atoms with Gasteiger partial charge in [0.05, 0.1) is 29.5 Å². The standard InChI is InChI=1S/C20H19FN4O6/c21-15-9-13(1-3-16(15)23-5-7-30-8-6-23)22-19(26)11-24-17-10-14(25(28)29)2-4-18(17)31-12-20(24)27/h1-4,9-10H,5-8,11-12H2,(H,22,26). The van der Waals surface area contributed by atoms with Crippen molar-refractivity contribution in [3.63, 3.8) is 0 Å².